The summed E-state index contributed by atoms with van der Waals surface area (Å²) in [5, 5.41) is 2.99. The van der Waals surface area contributed by atoms with Crippen molar-refractivity contribution in [3.63, 3.8) is 0 Å². The van der Waals surface area contributed by atoms with Crippen LogP contribution in [-0.4, -0.2) is 68.2 Å². The lowest BCUT2D eigenvalue weighted by Crippen LogP contribution is -2.51. The number of rotatable bonds is 6. The number of hydrogen-bond acceptors (Lipinski definition) is 4. The zero-order valence-electron chi connectivity index (χ0n) is 11.4. The number of piperazine rings is 1. The third-order valence-corrected chi connectivity index (χ3v) is 6.19. The largest absolute Gasteiger partial charge is 0.313 e. The molecule has 2 aliphatic rings. The van der Waals surface area contributed by atoms with Crippen LogP contribution in [0, 0.1) is 0 Å². The Labute approximate surface area is 111 Å². The fourth-order valence-corrected chi connectivity index (χ4v) is 3.77. The zero-order chi connectivity index (χ0) is 13.2. The van der Waals surface area contributed by atoms with E-state index < -0.39 is 10.0 Å². The van der Waals surface area contributed by atoms with Gasteiger partial charge in [-0.25, -0.2) is 8.42 Å². The number of sulfonamides is 1. The van der Waals surface area contributed by atoms with Crippen molar-refractivity contribution in [1.29, 1.82) is 0 Å². The molecule has 0 radical (unpaired) electrons. The van der Waals surface area contributed by atoms with Gasteiger partial charge < -0.3 is 10.2 Å². The maximum atomic E-state index is 12.4. The predicted molar refractivity (Wildman–Crippen MR) is 73.1 cm³/mol. The second kappa shape index (κ2) is 5.86. The van der Waals surface area contributed by atoms with Gasteiger partial charge >= 0.3 is 0 Å². The van der Waals surface area contributed by atoms with Crippen LogP contribution in [0.25, 0.3) is 0 Å². The molecule has 0 aromatic rings. The number of nitrogens with one attached hydrogen (secondary N) is 1. The molecule has 1 atom stereocenters. The monoisotopic (exact) mass is 275 g/mol. The van der Waals surface area contributed by atoms with Gasteiger partial charge in [-0.05, 0) is 26.3 Å². The normalized spacial score (nSPS) is 25.2. The maximum Gasteiger partial charge on any atom is 0.218 e. The highest BCUT2D eigenvalue weighted by atomic mass is 32.2. The Bertz CT molecular complexity index is 360. The number of nitrogens with zero attached hydrogens (tertiary/aromatic N) is 2. The SMILES string of the molecule is CCN1CCN(S(=O)(=O)C(C)CNC2CC2)CC1. The Morgan fingerprint density at radius 2 is 1.83 bits per heavy atom. The highest BCUT2D eigenvalue weighted by molar-refractivity contribution is 7.89. The first-order chi connectivity index (χ1) is 8.54. The molecule has 1 aliphatic carbocycles. The molecule has 1 heterocycles. The van der Waals surface area contributed by atoms with E-state index in [9.17, 15) is 8.42 Å². The molecule has 1 aliphatic heterocycles. The van der Waals surface area contributed by atoms with Crippen LogP contribution in [0.15, 0.2) is 0 Å². The van der Waals surface area contributed by atoms with Gasteiger partial charge in [0.1, 0.15) is 0 Å². The number of hydrogen-bond donors (Lipinski definition) is 1. The molecule has 1 saturated heterocycles. The van der Waals surface area contributed by atoms with Gasteiger partial charge in [-0.2, -0.15) is 4.31 Å². The molecular weight excluding hydrogens is 250 g/mol. The highest BCUT2D eigenvalue weighted by Crippen LogP contribution is 2.19. The van der Waals surface area contributed by atoms with Gasteiger partial charge in [0.25, 0.3) is 0 Å². The minimum absolute atomic E-state index is 0.314. The van der Waals surface area contributed by atoms with Crippen molar-refractivity contribution in [3.05, 3.63) is 0 Å². The topological polar surface area (TPSA) is 52.7 Å². The van der Waals surface area contributed by atoms with E-state index in [2.05, 4.69) is 17.1 Å². The van der Waals surface area contributed by atoms with Crippen LogP contribution in [0.5, 0.6) is 0 Å². The molecule has 106 valence electrons. The van der Waals surface area contributed by atoms with E-state index in [4.69, 9.17) is 0 Å². The average molecular weight is 275 g/mol. The van der Waals surface area contributed by atoms with Crippen LogP contribution in [0.1, 0.15) is 26.7 Å². The molecule has 1 N–H and O–H groups in total. The minimum Gasteiger partial charge on any atom is -0.313 e. The summed E-state index contributed by atoms with van der Waals surface area (Å²) in [6.07, 6.45) is 2.39. The van der Waals surface area contributed by atoms with Crippen molar-refractivity contribution < 1.29 is 8.42 Å². The molecule has 0 aromatic carbocycles. The van der Waals surface area contributed by atoms with Gasteiger partial charge in [-0.3, -0.25) is 0 Å². The smallest absolute Gasteiger partial charge is 0.218 e. The molecule has 1 saturated carbocycles. The molecule has 0 amide bonds. The van der Waals surface area contributed by atoms with Crippen molar-refractivity contribution in [3.8, 4) is 0 Å². The van der Waals surface area contributed by atoms with Crippen LogP contribution < -0.4 is 5.32 Å². The Morgan fingerprint density at radius 1 is 1.22 bits per heavy atom. The summed E-state index contributed by atoms with van der Waals surface area (Å²) in [6, 6.07) is 0.569. The molecule has 2 fully saturated rings. The lowest BCUT2D eigenvalue weighted by Gasteiger charge is -2.34. The van der Waals surface area contributed by atoms with Crippen molar-refractivity contribution in [2.24, 2.45) is 0 Å². The minimum atomic E-state index is -3.12. The Morgan fingerprint density at radius 3 is 2.33 bits per heavy atom. The summed E-state index contributed by atoms with van der Waals surface area (Å²) in [6.45, 7) is 8.53. The summed E-state index contributed by atoms with van der Waals surface area (Å²) in [5.74, 6) is 0. The third-order valence-electron chi connectivity index (χ3n) is 3.92. The third kappa shape index (κ3) is 3.44. The van der Waals surface area contributed by atoms with Crippen LogP contribution in [0.4, 0.5) is 0 Å². The first-order valence-electron chi connectivity index (χ1n) is 6.98. The van der Waals surface area contributed by atoms with Crippen molar-refractivity contribution >= 4 is 10.0 Å². The fourth-order valence-electron chi connectivity index (χ4n) is 2.28. The molecule has 2 rings (SSSR count). The van der Waals surface area contributed by atoms with Crippen LogP contribution in [0.3, 0.4) is 0 Å². The standard InChI is InChI=1S/C12H25N3O2S/c1-3-14-6-8-15(9-7-14)18(16,17)11(2)10-13-12-4-5-12/h11-13H,3-10H2,1-2H3. The molecule has 18 heavy (non-hydrogen) atoms. The second-order valence-electron chi connectivity index (χ2n) is 5.37. The Kier molecular flexibility index (Phi) is 4.64. The Hall–Kier alpha value is -0.170. The van der Waals surface area contributed by atoms with Gasteiger partial charge in [0.15, 0.2) is 0 Å². The lowest BCUT2D eigenvalue weighted by molar-refractivity contribution is 0.195. The second-order valence-corrected chi connectivity index (χ2v) is 7.72. The molecule has 5 nitrogen and oxygen atoms in total. The summed E-state index contributed by atoms with van der Waals surface area (Å²) < 4.78 is 26.4. The van der Waals surface area contributed by atoms with Crippen LogP contribution >= 0.6 is 0 Å². The molecule has 0 aromatic heterocycles. The molecule has 0 spiro atoms. The van der Waals surface area contributed by atoms with Gasteiger partial charge in [0, 0.05) is 38.8 Å². The molecule has 6 heteroatoms. The predicted octanol–water partition coefficient (Wildman–Crippen LogP) is 0.0942. The Balaban J connectivity index is 1.84. The van der Waals surface area contributed by atoms with Gasteiger partial charge in [0.05, 0.1) is 5.25 Å². The van der Waals surface area contributed by atoms with Crippen molar-refractivity contribution in [2.75, 3.05) is 39.3 Å². The molecule has 1 unspecified atom stereocenters. The van der Waals surface area contributed by atoms with E-state index >= 15 is 0 Å². The summed E-state index contributed by atoms with van der Waals surface area (Å²) in [5.41, 5.74) is 0. The maximum absolute atomic E-state index is 12.4. The van der Waals surface area contributed by atoms with Gasteiger partial charge in [-0.15, -0.1) is 0 Å². The van der Waals surface area contributed by atoms with Crippen molar-refractivity contribution in [2.45, 2.75) is 38.0 Å². The van der Waals surface area contributed by atoms with E-state index in [0.29, 0.717) is 25.7 Å². The average Bonchev–Trinajstić information content (AvgIpc) is 3.20. The molecule has 0 bridgehead atoms. The highest BCUT2D eigenvalue weighted by Gasteiger charge is 2.32. The van der Waals surface area contributed by atoms with E-state index in [0.717, 1.165) is 19.6 Å². The van der Waals surface area contributed by atoms with E-state index in [-0.39, 0.29) is 5.25 Å². The summed E-state index contributed by atoms with van der Waals surface area (Å²) in [4.78, 5) is 2.29. The van der Waals surface area contributed by atoms with Crippen LogP contribution in [0.2, 0.25) is 0 Å². The number of likely N-dealkylation sites (N-methyl/N-ethyl adjacent to an activating group) is 1. The first kappa shape index (κ1) is 14.2. The van der Waals surface area contributed by atoms with Crippen molar-refractivity contribution in [1.82, 2.24) is 14.5 Å². The lowest BCUT2D eigenvalue weighted by atomic mass is 10.4. The van der Waals surface area contributed by atoms with Gasteiger partial charge in [0.2, 0.25) is 10.0 Å². The summed E-state index contributed by atoms with van der Waals surface area (Å²) in [7, 11) is -3.12. The van der Waals surface area contributed by atoms with E-state index in [1.54, 1.807) is 4.31 Å². The molecular formula is C12H25N3O2S. The summed E-state index contributed by atoms with van der Waals surface area (Å²) >= 11 is 0. The van der Waals surface area contributed by atoms with E-state index in [1.807, 2.05) is 6.92 Å². The first-order valence-corrected chi connectivity index (χ1v) is 8.49. The quantitative estimate of drug-likeness (QED) is 0.747. The zero-order valence-corrected chi connectivity index (χ0v) is 12.2. The fraction of sp³-hybridized carbons (Fsp3) is 1.00. The van der Waals surface area contributed by atoms with Gasteiger partial charge in [-0.1, -0.05) is 6.92 Å². The van der Waals surface area contributed by atoms with E-state index in [1.165, 1.54) is 12.8 Å². The van der Waals surface area contributed by atoms with Crippen LogP contribution in [-0.2, 0) is 10.0 Å².